The molecule has 2 rings (SSSR count). The van der Waals surface area contributed by atoms with Crippen molar-refractivity contribution in [1.29, 1.82) is 0 Å². The SMILES string of the molecule is Cc1oc(-c2ccccc2Cl)nc1C[S@](=O)CC(=O)NCCC(C)C. The number of aryl methyl sites for hydroxylation is 1. The fourth-order valence-electron chi connectivity index (χ4n) is 2.21. The number of aromatic nitrogens is 1. The summed E-state index contributed by atoms with van der Waals surface area (Å²) in [4.78, 5) is 16.2. The number of nitrogens with zero attached hydrogens (tertiary/aromatic N) is 1. The van der Waals surface area contributed by atoms with Crippen LogP contribution >= 0.6 is 11.6 Å². The van der Waals surface area contributed by atoms with Crippen LogP contribution in [0.25, 0.3) is 11.5 Å². The van der Waals surface area contributed by atoms with Crippen LogP contribution in [0.15, 0.2) is 28.7 Å². The van der Waals surface area contributed by atoms with Crippen molar-refractivity contribution in [2.75, 3.05) is 12.3 Å². The first-order valence-corrected chi connectivity index (χ1v) is 10.1. The topological polar surface area (TPSA) is 72.2 Å². The van der Waals surface area contributed by atoms with Gasteiger partial charge in [0.2, 0.25) is 11.8 Å². The standard InChI is InChI=1S/C18H23ClN2O3S/c1-12(2)8-9-20-17(22)11-25(23)10-16-13(3)24-18(21-16)14-6-4-5-7-15(14)19/h4-7,12H,8-11H2,1-3H3,(H,20,22)/t25-/m0/s1. The Labute approximate surface area is 155 Å². The Morgan fingerprint density at radius 1 is 1.36 bits per heavy atom. The molecule has 0 saturated carbocycles. The van der Waals surface area contributed by atoms with Gasteiger partial charge in [-0.2, -0.15) is 0 Å². The predicted octanol–water partition coefficient (Wildman–Crippen LogP) is 3.71. The number of hydrogen-bond donors (Lipinski definition) is 1. The smallest absolute Gasteiger partial charge is 0.232 e. The van der Waals surface area contributed by atoms with Crippen LogP contribution in [0.1, 0.15) is 31.7 Å². The zero-order valence-electron chi connectivity index (χ0n) is 14.7. The zero-order valence-corrected chi connectivity index (χ0v) is 16.2. The van der Waals surface area contributed by atoms with E-state index in [0.29, 0.717) is 40.4 Å². The number of benzene rings is 1. The third-order valence-electron chi connectivity index (χ3n) is 3.63. The Morgan fingerprint density at radius 3 is 2.76 bits per heavy atom. The van der Waals surface area contributed by atoms with Crippen molar-refractivity contribution >= 4 is 28.3 Å². The fraction of sp³-hybridized carbons (Fsp3) is 0.444. The van der Waals surface area contributed by atoms with Gasteiger partial charge in [0.15, 0.2) is 0 Å². The molecule has 1 aromatic carbocycles. The number of carbonyl (C=O) groups is 1. The van der Waals surface area contributed by atoms with E-state index in [9.17, 15) is 9.00 Å². The minimum atomic E-state index is -1.34. The summed E-state index contributed by atoms with van der Waals surface area (Å²) in [5.41, 5.74) is 1.28. The minimum Gasteiger partial charge on any atom is -0.441 e. The highest BCUT2D eigenvalue weighted by atomic mass is 35.5. The maximum Gasteiger partial charge on any atom is 0.232 e. The molecule has 0 aliphatic heterocycles. The molecule has 0 saturated heterocycles. The highest BCUT2D eigenvalue weighted by Crippen LogP contribution is 2.28. The number of nitrogens with one attached hydrogen (secondary N) is 1. The molecule has 1 N–H and O–H groups in total. The molecule has 1 heterocycles. The molecule has 25 heavy (non-hydrogen) atoms. The van der Waals surface area contributed by atoms with Crippen LogP contribution in [-0.4, -0.2) is 27.4 Å². The summed E-state index contributed by atoms with van der Waals surface area (Å²) >= 11 is 6.15. The predicted molar refractivity (Wildman–Crippen MR) is 101 cm³/mol. The van der Waals surface area contributed by atoms with E-state index >= 15 is 0 Å². The molecule has 136 valence electrons. The summed E-state index contributed by atoms with van der Waals surface area (Å²) in [5, 5.41) is 3.33. The number of amides is 1. The molecule has 0 aliphatic rings. The van der Waals surface area contributed by atoms with E-state index in [1.807, 2.05) is 18.2 Å². The Bertz CT molecular complexity index is 759. The number of carbonyl (C=O) groups excluding carboxylic acids is 1. The second-order valence-electron chi connectivity index (χ2n) is 6.26. The average Bonchev–Trinajstić information content (AvgIpc) is 2.87. The number of rotatable bonds is 8. The highest BCUT2D eigenvalue weighted by Gasteiger charge is 2.17. The Kier molecular flexibility index (Phi) is 7.20. The average molecular weight is 383 g/mol. The van der Waals surface area contributed by atoms with E-state index in [1.54, 1.807) is 13.0 Å². The van der Waals surface area contributed by atoms with E-state index in [2.05, 4.69) is 24.1 Å². The van der Waals surface area contributed by atoms with E-state index in [4.69, 9.17) is 16.0 Å². The molecule has 0 aliphatic carbocycles. The summed E-state index contributed by atoms with van der Waals surface area (Å²) in [6.07, 6.45) is 0.905. The maximum absolute atomic E-state index is 12.2. The zero-order chi connectivity index (χ0) is 18.4. The second-order valence-corrected chi connectivity index (χ2v) is 8.13. The third kappa shape index (κ3) is 5.97. The quantitative estimate of drug-likeness (QED) is 0.755. The summed E-state index contributed by atoms with van der Waals surface area (Å²) < 4.78 is 17.9. The first-order valence-electron chi connectivity index (χ1n) is 8.19. The largest absolute Gasteiger partial charge is 0.441 e. The summed E-state index contributed by atoms with van der Waals surface area (Å²) in [6.45, 7) is 6.55. The van der Waals surface area contributed by atoms with Crippen molar-refractivity contribution in [3.8, 4) is 11.5 Å². The first-order chi connectivity index (χ1) is 11.9. The molecule has 7 heteroatoms. The Morgan fingerprint density at radius 2 is 2.08 bits per heavy atom. The fourth-order valence-corrected chi connectivity index (χ4v) is 3.50. The molecule has 0 unspecified atom stereocenters. The van der Waals surface area contributed by atoms with Gasteiger partial charge < -0.3 is 9.73 Å². The van der Waals surface area contributed by atoms with Gasteiger partial charge >= 0.3 is 0 Å². The lowest BCUT2D eigenvalue weighted by atomic mass is 10.1. The van der Waals surface area contributed by atoms with Crippen LogP contribution in [0, 0.1) is 12.8 Å². The van der Waals surface area contributed by atoms with E-state index in [0.717, 1.165) is 6.42 Å². The van der Waals surface area contributed by atoms with Crippen molar-refractivity contribution in [2.24, 2.45) is 5.92 Å². The summed E-state index contributed by atoms with van der Waals surface area (Å²) in [6, 6.07) is 7.25. The third-order valence-corrected chi connectivity index (χ3v) is 5.14. The van der Waals surface area contributed by atoms with Gasteiger partial charge in [-0.25, -0.2) is 4.98 Å². The minimum absolute atomic E-state index is 0.0359. The van der Waals surface area contributed by atoms with Gasteiger partial charge in [0.25, 0.3) is 0 Å². The molecule has 0 bridgehead atoms. The molecule has 5 nitrogen and oxygen atoms in total. The van der Waals surface area contributed by atoms with Gasteiger partial charge in [-0.1, -0.05) is 37.6 Å². The monoisotopic (exact) mass is 382 g/mol. The van der Waals surface area contributed by atoms with Crippen molar-refractivity contribution in [2.45, 2.75) is 32.9 Å². The number of oxazole rings is 1. The van der Waals surface area contributed by atoms with Crippen LogP contribution < -0.4 is 5.32 Å². The molecule has 1 atom stereocenters. The Hall–Kier alpha value is -1.66. The summed E-state index contributed by atoms with van der Waals surface area (Å²) in [7, 11) is -1.34. The molecule has 0 spiro atoms. The van der Waals surface area contributed by atoms with Gasteiger partial charge in [-0.3, -0.25) is 9.00 Å². The molecular weight excluding hydrogens is 360 g/mol. The molecule has 0 fully saturated rings. The second kappa shape index (κ2) is 9.15. The van der Waals surface area contributed by atoms with Gasteiger partial charge in [-0.05, 0) is 31.4 Å². The van der Waals surface area contributed by atoms with Crippen molar-refractivity contribution < 1.29 is 13.4 Å². The lowest BCUT2D eigenvalue weighted by Crippen LogP contribution is -2.30. The number of halogens is 1. The molecular formula is C18H23ClN2O3S. The van der Waals surface area contributed by atoms with E-state index < -0.39 is 10.8 Å². The van der Waals surface area contributed by atoms with Gasteiger partial charge in [0, 0.05) is 17.3 Å². The molecule has 0 radical (unpaired) electrons. The van der Waals surface area contributed by atoms with Crippen molar-refractivity contribution in [1.82, 2.24) is 10.3 Å². The lowest BCUT2D eigenvalue weighted by molar-refractivity contribution is -0.118. The maximum atomic E-state index is 12.2. The van der Waals surface area contributed by atoms with Gasteiger partial charge in [-0.15, -0.1) is 0 Å². The molecule has 1 aromatic heterocycles. The van der Waals surface area contributed by atoms with Gasteiger partial charge in [0.1, 0.15) is 11.5 Å². The van der Waals surface area contributed by atoms with Crippen LogP contribution in [0.4, 0.5) is 0 Å². The van der Waals surface area contributed by atoms with Crippen molar-refractivity contribution in [3.63, 3.8) is 0 Å². The first kappa shape index (κ1) is 19.7. The van der Waals surface area contributed by atoms with Gasteiger partial charge in [0.05, 0.1) is 22.0 Å². The molecule has 1 amide bonds. The van der Waals surface area contributed by atoms with E-state index in [1.165, 1.54) is 0 Å². The molecule has 2 aromatic rings. The number of hydrogen-bond acceptors (Lipinski definition) is 4. The van der Waals surface area contributed by atoms with Crippen LogP contribution in [0.5, 0.6) is 0 Å². The van der Waals surface area contributed by atoms with Crippen LogP contribution in [-0.2, 0) is 21.3 Å². The summed E-state index contributed by atoms with van der Waals surface area (Å²) in [5.74, 6) is 1.45. The lowest BCUT2D eigenvalue weighted by Gasteiger charge is -2.06. The highest BCUT2D eigenvalue weighted by molar-refractivity contribution is 7.84. The van der Waals surface area contributed by atoms with Crippen LogP contribution in [0.3, 0.4) is 0 Å². The normalized spacial score (nSPS) is 12.4. The van der Waals surface area contributed by atoms with E-state index in [-0.39, 0.29) is 17.4 Å². The Balaban J connectivity index is 1.95. The van der Waals surface area contributed by atoms with Crippen molar-refractivity contribution in [3.05, 3.63) is 40.7 Å². The van der Waals surface area contributed by atoms with Crippen LogP contribution in [0.2, 0.25) is 5.02 Å².